The second-order valence-corrected chi connectivity index (χ2v) is 10.5. The van der Waals surface area contributed by atoms with Crippen molar-refractivity contribution >= 4 is 33.6 Å². The van der Waals surface area contributed by atoms with E-state index in [0.717, 1.165) is 17.7 Å². The molecule has 2 heterocycles. The number of nitrogens with one attached hydrogen (secondary N) is 2. The molecule has 168 valence electrons. The van der Waals surface area contributed by atoms with Crippen LogP contribution in [0.2, 0.25) is 0 Å². The molecule has 0 radical (unpaired) electrons. The van der Waals surface area contributed by atoms with Crippen molar-refractivity contribution in [3.05, 3.63) is 24.3 Å². The number of amides is 4. The first-order valence-electron chi connectivity index (χ1n) is 10.3. The maximum Gasteiger partial charge on any atom is 0.325 e. The van der Waals surface area contributed by atoms with Crippen LogP contribution in [-0.2, 0) is 19.6 Å². The molecule has 0 aromatic heterocycles. The van der Waals surface area contributed by atoms with Crippen molar-refractivity contribution < 1.29 is 22.8 Å². The van der Waals surface area contributed by atoms with Gasteiger partial charge in [0.25, 0.3) is 5.91 Å². The number of hydrogen-bond acceptors (Lipinski definition) is 6. The molecule has 1 unspecified atom stereocenters. The number of nitrogens with zero attached hydrogens (tertiary/aromatic N) is 3. The summed E-state index contributed by atoms with van der Waals surface area (Å²) in [5.41, 5.74) is -0.546. The van der Waals surface area contributed by atoms with Gasteiger partial charge in [-0.05, 0) is 57.0 Å². The summed E-state index contributed by atoms with van der Waals surface area (Å²) < 4.78 is 27.0. The maximum atomic E-state index is 12.8. The molecule has 2 aliphatic heterocycles. The molecule has 1 atom stereocenters. The lowest BCUT2D eigenvalue weighted by molar-refractivity contribution is -0.134. The predicted octanol–water partition coefficient (Wildman–Crippen LogP) is 0.282. The van der Waals surface area contributed by atoms with Gasteiger partial charge in [0.1, 0.15) is 12.1 Å². The van der Waals surface area contributed by atoms with Gasteiger partial charge in [-0.25, -0.2) is 13.2 Å². The van der Waals surface area contributed by atoms with E-state index >= 15 is 0 Å². The Balaban J connectivity index is 1.37. The second kappa shape index (κ2) is 7.88. The van der Waals surface area contributed by atoms with E-state index in [-0.39, 0.29) is 16.7 Å². The van der Waals surface area contributed by atoms with Crippen LogP contribution in [0.1, 0.15) is 19.8 Å². The Morgan fingerprint density at radius 2 is 1.74 bits per heavy atom. The Morgan fingerprint density at radius 3 is 2.32 bits per heavy atom. The molecule has 0 spiro atoms. The minimum Gasteiger partial charge on any atom is -0.325 e. The Morgan fingerprint density at radius 1 is 1.13 bits per heavy atom. The zero-order chi connectivity index (χ0) is 22.4. The first-order chi connectivity index (χ1) is 14.6. The molecule has 10 nitrogen and oxygen atoms in total. The van der Waals surface area contributed by atoms with Gasteiger partial charge in [-0.15, -0.1) is 0 Å². The fourth-order valence-electron chi connectivity index (χ4n) is 4.03. The number of carbonyl (C=O) groups is 3. The quantitative estimate of drug-likeness (QED) is 0.602. The summed E-state index contributed by atoms with van der Waals surface area (Å²) in [6, 6.07) is 5.33. The van der Waals surface area contributed by atoms with Crippen molar-refractivity contribution in [1.82, 2.24) is 19.4 Å². The first-order valence-corrected chi connectivity index (χ1v) is 11.8. The van der Waals surface area contributed by atoms with Crippen molar-refractivity contribution in [3.8, 4) is 0 Å². The van der Waals surface area contributed by atoms with Crippen molar-refractivity contribution in [2.45, 2.75) is 30.2 Å². The van der Waals surface area contributed by atoms with E-state index in [1.54, 1.807) is 6.92 Å². The van der Waals surface area contributed by atoms with Gasteiger partial charge in [-0.2, -0.15) is 4.31 Å². The number of imide groups is 1. The van der Waals surface area contributed by atoms with Crippen molar-refractivity contribution in [1.29, 1.82) is 0 Å². The topological polar surface area (TPSA) is 119 Å². The number of anilines is 1. The average molecular weight is 450 g/mol. The summed E-state index contributed by atoms with van der Waals surface area (Å²) in [5, 5.41) is 5.32. The highest BCUT2D eigenvalue weighted by molar-refractivity contribution is 7.89. The van der Waals surface area contributed by atoms with Crippen LogP contribution in [0.25, 0.3) is 0 Å². The van der Waals surface area contributed by atoms with Crippen LogP contribution >= 0.6 is 0 Å². The summed E-state index contributed by atoms with van der Waals surface area (Å²) in [4.78, 5) is 40.4. The molecule has 4 rings (SSSR count). The van der Waals surface area contributed by atoms with Gasteiger partial charge in [0.05, 0.1) is 4.90 Å². The van der Waals surface area contributed by atoms with E-state index in [1.807, 2.05) is 7.05 Å². The van der Waals surface area contributed by atoms with Crippen molar-refractivity contribution in [3.63, 3.8) is 0 Å². The van der Waals surface area contributed by atoms with Gasteiger partial charge >= 0.3 is 6.03 Å². The summed E-state index contributed by atoms with van der Waals surface area (Å²) >= 11 is 0. The van der Waals surface area contributed by atoms with Crippen molar-refractivity contribution in [2.24, 2.45) is 5.92 Å². The fraction of sp³-hybridized carbons (Fsp3) is 0.550. The van der Waals surface area contributed by atoms with Gasteiger partial charge < -0.3 is 15.5 Å². The minimum absolute atomic E-state index is 0.117. The van der Waals surface area contributed by atoms with Crippen molar-refractivity contribution in [2.75, 3.05) is 45.1 Å². The number of carbonyl (C=O) groups excluding carboxylic acids is 3. The molecule has 3 fully saturated rings. The van der Waals surface area contributed by atoms with Crippen LogP contribution in [0.3, 0.4) is 0 Å². The summed E-state index contributed by atoms with van der Waals surface area (Å²) in [6.07, 6.45) is 1.76. The molecule has 1 aliphatic carbocycles. The number of sulfonamides is 1. The molecule has 1 saturated carbocycles. The molecule has 2 N–H and O–H groups in total. The SMILES string of the molecule is CN1CCN(S(=O)(=O)c2ccc(NC(=O)CN3C(=O)NC(C)(C4CC4)C3=O)cc2)CC1. The molecule has 3 aliphatic rings. The number of likely N-dealkylation sites (N-methyl/N-ethyl adjacent to an activating group) is 1. The maximum absolute atomic E-state index is 12.8. The number of urea groups is 1. The smallest absolute Gasteiger partial charge is 0.325 e. The molecule has 1 aromatic carbocycles. The number of rotatable bonds is 6. The van der Waals surface area contributed by atoms with E-state index in [4.69, 9.17) is 0 Å². The average Bonchev–Trinajstić information content (AvgIpc) is 3.55. The van der Waals surface area contributed by atoms with Gasteiger partial charge in [0.15, 0.2) is 0 Å². The lowest BCUT2D eigenvalue weighted by atomic mass is 9.96. The lowest BCUT2D eigenvalue weighted by Crippen LogP contribution is -2.47. The second-order valence-electron chi connectivity index (χ2n) is 8.58. The van der Waals surface area contributed by atoms with Gasteiger partial charge in [-0.1, -0.05) is 0 Å². The fourth-order valence-corrected chi connectivity index (χ4v) is 5.45. The Kier molecular flexibility index (Phi) is 5.52. The van der Waals surface area contributed by atoms with Gasteiger partial charge in [-0.3, -0.25) is 14.5 Å². The molecular formula is C20H27N5O5S. The highest BCUT2D eigenvalue weighted by atomic mass is 32.2. The molecule has 11 heteroatoms. The van der Waals surface area contributed by atoms with E-state index in [2.05, 4.69) is 15.5 Å². The third kappa shape index (κ3) is 4.17. The molecule has 4 amide bonds. The standard InChI is InChI=1S/C20H27N5O5S/c1-20(14-3-4-14)18(27)25(19(28)22-20)13-17(26)21-15-5-7-16(8-6-15)31(29,30)24-11-9-23(2)10-12-24/h5-8,14H,3-4,9-13H2,1-2H3,(H,21,26)(H,22,28). The predicted molar refractivity (Wildman–Crippen MR) is 113 cm³/mol. The Labute approximate surface area is 181 Å². The molecule has 2 saturated heterocycles. The van der Waals surface area contributed by atoms with E-state index in [1.165, 1.54) is 28.6 Å². The van der Waals surface area contributed by atoms with Gasteiger partial charge in [0, 0.05) is 31.9 Å². The van der Waals surface area contributed by atoms with Gasteiger partial charge in [0.2, 0.25) is 15.9 Å². The molecule has 31 heavy (non-hydrogen) atoms. The highest BCUT2D eigenvalue weighted by Gasteiger charge is 2.56. The number of hydrogen-bond donors (Lipinski definition) is 2. The van der Waals surface area contributed by atoms with Crippen LogP contribution in [0.15, 0.2) is 29.2 Å². The normalized spacial score (nSPS) is 25.5. The third-order valence-corrected chi connectivity index (χ3v) is 8.15. The third-order valence-electron chi connectivity index (χ3n) is 6.23. The zero-order valence-electron chi connectivity index (χ0n) is 17.6. The number of piperazine rings is 1. The Hall–Kier alpha value is -2.50. The molecule has 0 bridgehead atoms. The van der Waals surface area contributed by atoms with Crippen LogP contribution in [0, 0.1) is 5.92 Å². The minimum atomic E-state index is -3.59. The summed E-state index contributed by atoms with van der Waals surface area (Å²) in [6.45, 7) is 3.52. The number of benzene rings is 1. The van der Waals surface area contributed by atoms with Crippen LogP contribution in [0.5, 0.6) is 0 Å². The molecular weight excluding hydrogens is 422 g/mol. The van der Waals surface area contributed by atoms with Crippen LogP contribution in [-0.4, -0.2) is 85.7 Å². The first kappa shape index (κ1) is 21.7. The molecule has 1 aromatic rings. The van der Waals surface area contributed by atoms with E-state index < -0.39 is 34.0 Å². The van der Waals surface area contributed by atoms with E-state index in [0.29, 0.717) is 31.9 Å². The van der Waals surface area contributed by atoms with Crippen LogP contribution < -0.4 is 10.6 Å². The van der Waals surface area contributed by atoms with Crippen LogP contribution in [0.4, 0.5) is 10.5 Å². The zero-order valence-corrected chi connectivity index (χ0v) is 18.4. The summed E-state index contributed by atoms with van der Waals surface area (Å²) in [7, 11) is -1.64. The Bertz CT molecular complexity index is 999. The monoisotopic (exact) mass is 449 g/mol. The summed E-state index contributed by atoms with van der Waals surface area (Å²) in [5.74, 6) is -0.797. The lowest BCUT2D eigenvalue weighted by Gasteiger charge is -2.31. The largest absolute Gasteiger partial charge is 0.325 e. The highest BCUT2D eigenvalue weighted by Crippen LogP contribution is 2.42. The van der Waals surface area contributed by atoms with E-state index in [9.17, 15) is 22.8 Å².